The van der Waals surface area contributed by atoms with Crippen LogP contribution in [0.5, 0.6) is 0 Å². The van der Waals surface area contributed by atoms with Gasteiger partial charge in [-0.3, -0.25) is 0 Å². The van der Waals surface area contributed by atoms with E-state index in [0.717, 1.165) is 11.8 Å². The molecule has 2 aliphatic rings. The largest absolute Gasteiger partial charge is 0.123 e. The fourth-order valence-electron chi connectivity index (χ4n) is 5.08. The normalized spacial score (nSPS) is 37.7. The number of hydrogen-bond acceptors (Lipinski definition) is 0. The summed E-state index contributed by atoms with van der Waals surface area (Å²) < 4.78 is 0. The molecule has 2 fully saturated rings. The van der Waals surface area contributed by atoms with Gasteiger partial charge in [0.2, 0.25) is 0 Å². The second-order valence-corrected chi connectivity index (χ2v) is 9.29. The maximum atomic E-state index is 6.30. The Hall–Kier alpha value is 0.0300. The Bertz CT molecular complexity index is 360. The number of alkyl halides is 1. The van der Waals surface area contributed by atoms with Crippen molar-refractivity contribution < 1.29 is 0 Å². The van der Waals surface area contributed by atoms with Crippen molar-refractivity contribution >= 4 is 11.6 Å². The Labute approximate surface area is 137 Å². The third-order valence-electron chi connectivity index (χ3n) is 6.92. The molecule has 1 heteroatoms. The molecular weight excluding hydrogens is 276 g/mol. The molecule has 21 heavy (non-hydrogen) atoms. The van der Waals surface area contributed by atoms with Crippen molar-refractivity contribution in [1.82, 2.24) is 0 Å². The Kier molecular flexibility index (Phi) is 5.50. The van der Waals surface area contributed by atoms with Gasteiger partial charge in [-0.25, -0.2) is 0 Å². The standard InChI is InChI=1S/C20H35Cl/c1-13(2)14(3)15(4)18-11-12-19(20(18,5)6)16-7-9-17(21)10-8-16/h13-14,16-19H,4,7-12H2,1-3,5-6H3/t14-,16?,17?,18?,19?/m1/s1. The zero-order valence-corrected chi connectivity index (χ0v) is 15.5. The minimum absolute atomic E-state index is 0.421. The van der Waals surface area contributed by atoms with Crippen molar-refractivity contribution in [3.05, 3.63) is 12.2 Å². The first-order valence-corrected chi connectivity index (χ1v) is 9.51. The van der Waals surface area contributed by atoms with Crippen LogP contribution in [0.3, 0.4) is 0 Å². The molecule has 0 N–H and O–H groups in total. The van der Waals surface area contributed by atoms with Gasteiger partial charge in [0, 0.05) is 5.38 Å². The molecule has 0 amide bonds. The zero-order chi connectivity index (χ0) is 15.8. The first-order valence-electron chi connectivity index (χ1n) is 9.07. The molecule has 2 aliphatic carbocycles. The average molecular weight is 311 g/mol. The number of rotatable bonds is 4. The van der Waals surface area contributed by atoms with Gasteiger partial charge in [-0.2, -0.15) is 0 Å². The summed E-state index contributed by atoms with van der Waals surface area (Å²) in [6, 6.07) is 0. The predicted molar refractivity (Wildman–Crippen MR) is 94.7 cm³/mol. The minimum Gasteiger partial charge on any atom is -0.123 e. The second kappa shape index (κ2) is 6.65. The van der Waals surface area contributed by atoms with Crippen LogP contribution in [0.4, 0.5) is 0 Å². The van der Waals surface area contributed by atoms with E-state index in [4.69, 9.17) is 11.6 Å². The van der Waals surface area contributed by atoms with Gasteiger partial charge in [0.15, 0.2) is 0 Å². The molecule has 0 radical (unpaired) electrons. The van der Waals surface area contributed by atoms with E-state index in [-0.39, 0.29) is 0 Å². The van der Waals surface area contributed by atoms with E-state index < -0.39 is 0 Å². The highest BCUT2D eigenvalue weighted by atomic mass is 35.5. The lowest BCUT2D eigenvalue weighted by atomic mass is 9.64. The Morgan fingerprint density at radius 3 is 2.10 bits per heavy atom. The summed E-state index contributed by atoms with van der Waals surface area (Å²) in [5.74, 6) is 3.85. The highest BCUT2D eigenvalue weighted by Gasteiger charge is 2.48. The van der Waals surface area contributed by atoms with Crippen LogP contribution in [0, 0.1) is 35.0 Å². The molecule has 122 valence electrons. The maximum absolute atomic E-state index is 6.30. The van der Waals surface area contributed by atoms with Crippen molar-refractivity contribution in [2.24, 2.45) is 35.0 Å². The minimum atomic E-state index is 0.421. The van der Waals surface area contributed by atoms with Crippen LogP contribution in [0.1, 0.15) is 73.1 Å². The van der Waals surface area contributed by atoms with E-state index in [2.05, 4.69) is 41.2 Å². The van der Waals surface area contributed by atoms with Crippen molar-refractivity contribution in [2.75, 3.05) is 0 Å². The van der Waals surface area contributed by atoms with Crippen LogP contribution < -0.4 is 0 Å². The first kappa shape index (κ1) is 17.4. The summed E-state index contributed by atoms with van der Waals surface area (Å²) in [6.45, 7) is 16.6. The number of halogens is 1. The average Bonchev–Trinajstić information content (AvgIpc) is 2.73. The molecule has 0 aliphatic heterocycles. The molecule has 2 unspecified atom stereocenters. The first-order chi connectivity index (χ1) is 9.75. The van der Waals surface area contributed by atoms with Crippen LogP contribution in [0.2, 0.25) is 0 Å². The van der Waals surface area contributed by atoms with Crippen LogP contribution >= 0.6 is 11.6 Å². The fourth-order valence-corrected chi connectivity index (χ4v) is 5.33. The molecule has 2 saturated carbocycles. The van der Waals surface area contributed by atoms with Gasteiger partial charge in [0.05, 0.1) is 0 Å². The lowest BCUT2D eigenvalue weighted by Crippen LogP contribution is -2.34. The maximum Gasteiger partial charge on any atom is 0.0336 e. The molecule has 0 aromatic rings. The summed E-state index contributed by atoms with van der Waals surface area (Å²) in [7, 11) is 0. The summed E-state index contributed by atoms with van der Waals surface area (Å²) in [4.78, 5) is 0. The van der Waals surface area contributed by atoms with Gasteiger partial charge in [0.25, 0.3) is 0 Å². The van der Waals surface area contributed by atoms with Crippen LogP contribution in [-0.2, 0) is 0 Å². The van der Waals surface area contributed by atoms with Crippen molar-refractivity contribution in [3.8, 4) is 0 Å². The van der Waals surface area contributed by atoms with Crippen molar-refractivity contribution in [3.63, 3.8) is 0 Å². The SMILES string of the molecule is C=C(C1CCC(C2CCC(Cl)CC2)C1(C)C)[C@H](C)C(C)C. The van der Waals surface area contributed by atoms with Gasteiger partial charge in [-0.1, -0.05) is 46.8 Å². The van der Waals surface area contributed by atoms with E-state index in [1.807, 2.05) is 0 Å². The lowest BCUT2D eigenvalue weighted by Gasteiger charge is -2.42. The van der Waals surface area contributed by atoms with E-state index in [1.54, 1.807) is 0 Å². The molecule has 0 nitrogen and oxygen atoms in total. The number of hydrogen-bond donors (Lipinski definition) is 0. The van der Waals surface area contributed by atoms with E-state index >= 15 is 0 Å². The third-order valence-corrected chi connectivity index (χ3v) is 7.36. The molecule has 3 atom stereocenters. The van der Waals surface area contributed by atoms with Crippen LogP contribution in [0.15, 0.2) is 12.2 Å². The quantitative estimate of drug-likeness (QED) is 0.401. The lowest BCUT2D eigenvalue weighted by molar-refractivity contribution is 0.114. The monoisotopic (exact) mass is 310 g/mol. The highest BCUT2D eigenvalue weighted by Crippen LogP contribution is 2.56. The van der Waals surface area contributed by atoms with Crippen molar-refractivity contribution in [1.29, 1.82) is 0 Å². The molecule has 0 heterocycles. The third kappa shape index (κ3) is 3.52. The van der Waals surface area contributed by atoms with Crippen LogP contribution in [-0.4, -0.2) is 5.38 Å². The summed E-state index contributed by atoms with van der Waals surface area (Å²) in [5, 5.41) is 0.442. The molecule has 0 saturated heterocycles. The van der Waals surface area contributed by atoms with Crippen LogP contribution in [0.25, 0.3) is 0 Å². The van der Waals surface area contributed by atoms with E-state index in [0.29, 0.717) is 28.5 Å². The smallest absolute Gasteiger partial charge is 0.0336 e. The molecule has 0 aromatic heterocycles. The fraction of sp³-hybridized carbons (Fsp3) is 0.900. The van der Waals surface area contributed by atoms with Gasteiger partial charge in [0.1, 0.15) is 0 Å². The molecule has 0 aromatic carbocycles. The molecule has 2 rings (SSSR count). The second-order valence-electron chi connectivity index (χ2n) is 8.68. The summed E-state index contributed by atoms with van der Waals surface area (Å²) >= 11 is 6.30. The zero-order valence-electron chi connectivity index (χ0n) is 14.8. The predicted octanol–water partition coefficient (Wildman–Crippen LogP) is 6.68. The Morgan fingerprint density at radius 2 is 1.57 bits per heavy atom. The Balaban J connectivity index is 2.06. The van der Waals surface area contributed by atoms with E-state index in [9.17, 15) is 0 Å². The van der Waals surface area contributed by atoms with Gasteiger partial charge >= 0.3 is 0 Å². The topological polar surface area (TPSA) is 0 Å². The van der Waals surface area contributed by atoms with E-state index in [1.165, 1.54) is 44.1 Å². The Morgan fingerprint density at radius 1 is 1.00 bits per heavy atom. The van der Waals surface area contributed by atoms with Crippen molar-refractivity contribution in [2.45, 2.75) is 78.5 Å². The van der Waals surface area contributed by atoms with Gasteiger partial charge in [-0.05, 0) is 73.5 Å². The molecule has 0 bridgehead atoms. The number of allylic oxidation sites excluding steroid dienone is 1. The summed E-state index contributed by atoms with van der Waals surface area (Å²) in [6.07, 6.45) is 7.91. The van der Waals surface area contributed by atoms with Gasteiger partial charge in [-0.15, -0.1) is 11.6 Å². The molecule has 0 spiro atoms. The highest BCUT2D eigenvalue weighted by molar-refractivity contribution is 6.20. The molecular formula is C20H35Cl. The summed E-state index contributed by atoms with van der Waals surface area (Å²) in [5.41, 5.74) is 1.94. The van der Waals surface area contributed by atoms with Gasteiger partial charge < -0.3 is 0 Å².